The van der Waals surface area contributed by atoms with Crippen molar-refractivity contribution < 1.29 is 4.79 Å². The normalized spacial score (nSPS) is 41.0. The fraction of sp³-hybridized carbons (Fsp3) is 0.500. The van der Waals surface area contributed by atoms with Crippen LogP contribution in [0.25, 0.3) is 10.1 Å². The number of piperidine rings is 1. The third-order valence-corrected chi connectivity index (χ3v) is 7.98. The van der Waals surface area contributed by atoms with Gasteiger partial charge in [-0.2, -0.15) is 0 Å². The lowest BCUT2D eigenvalue weighted by Crippen LogP contribution is -2.51. The molecule has 1 aromatic carbocycles. The summed E-state index contributed by atoms with van der Waals surface area (Å²) in [5.41, 5.74) is 0.479. The number of thiophene rings is 1. The van der Waals surface area contributed by atoms with Gasteiger partial charge in [0.25, 0.3) is 5.91 Å². The van der Waals surface area contributed by atoms with Crippen molar-refractivity contribution in [1.82, 2.24) is 9.80 Å². The van der Waals surface area contributed by atoms with E-state index in [0.29, 0.717) is 11.5 Å². The van der Waals surface area contributed by atoms with Crippen LogP contribution in [0, 0.1) is 11.3 Å². The molecule has 22 heavy (non-hydrogen) atoms. The van der Waals surface area contributed by atoms with Gasteiger partial charge in [-0.1, -0.05) is 18.2 Å². The smallest absolute Gasteiger partial charge is 0.264 e. The Labute approximate surface area is 133 Å². The van der Waals surface area contributed by atoms with Crippen molar-refractivity contribution in [3.8, 4) is 0 Å². The van der Waals surface area contributed by atoms with Crippen molar-refractivity contribution in [1.29, 1.82) is 0 Å². The number of rotatable bonds is 1. The maximum Gasteiger partial charge on any atom is 0.264 e. The molecular weight excluding hydrogens is 292 g/mol. The highest BCUT2D eigenvalue weighted by Gasteiger charge is 2.73. The molecule has 0 N–H and O–H groups in total. The van der Waals surface area contributed by atoms with Crippen LogP contribution in [-0.2, 0) is 0 Å². The van der Waals surface area contributed by atoms with Gasteiger partial charge < -0.3 is 4.90 Å². The minimum absolute atomic E-state index is 0.280. The number of carbonyl (C=O) groups excluding carboxylic acids is 1. The van der Waals surface area contributed by atoms with Crippen LogP contribution in [0.15, 0.2) is 30.3 Å². The molecule has 4 aliphatic rings. The number of benzene rings is 1. The average Bonchev–Trinajstić information content (AvgIpc) is 3.18. The Morgan fingerprint density at radius 3 is 3.00 bits per heavy atom. The van der Waals surface area contributed by atoms with Gasteiger partial charge >= 0.3 is 0 Å². The predicted octanol–water partition coefficient (Wildman–Crippen LogP) is 2.82. The first-order valence-electron chi connectivity index (χ1n) is 8.31. The predicted molar refractivity (Wildman–Crippen MR) is 87.2 cm³/mol. The number of likely N-dealkylation sites (tertiary alicyclic amines) is 1. The summed E-state index contributed by atoms with van der Waals surface area (Å²) >= 11 is 1.65. The summed E-state index contributed by atoms with van der Waals surface area (Å²) in [7, 11) is 0. The lowest BCUT2D eigenvalue weighted by Gasteiger charge is -2.46. The van der Waals surface area contributed by atoms with Crippen LogP contribution in [-0.4, -0.2) is 47.4 Å². The Hall–Kier alpha value is -1.39. The third-order valence-electron chi connectivity index (χ3n) is 6.88. The molecular formula is C18H18N2OS. The second-order valence-corrected chi connectivity index (χ2v) is 8.51. The molecule has 1 aliphatic carbocycles. The Balaban J connectivity index is 1.39. The fourth-order valence-corrected chi connectivity index (χ4v) is 6.91. The first kappa shape index (κ1) is 12.1. The van der Waals surface area contributed by atoms with E-state index in [4.69, 9.17) is 0 Å². The second-order valence-electron chi connectivity index (χ2n) is 7.43. The van der Waals surface area contributed by atoms with Gasteiger partial charge in [0.15, 0.2) is 0 Å². The van der Waals surface area contributed by atoms with Crippen molar-refractivity contribution in [2.45, 2.75) is 24.9 Å². The summed E-state index contributed by atoms with van der Waals surface area (Å²) in [5, 5.41) is 1.20. The number of nitrogens with zero attached hydrogens (tertiary/aromatic N) is 2. The molecule has 4 heteroatoms. The van der Waals surface area contributed by atoms with E-state index in [1.54, 1.807) is 11.3 Å². The summed E-state index contributed by atoms with van der Waals surface area (Å²) < 4.78 is 1.22. The molecule has 6 rings (SSSR count). The fourth-order valence-electron chi connectivity index (χ4n) is 5.90. The number of hydrogen-bond acceptors (Lipinski definition) is 3. The van der Waals surface area contributed by atoms with E-state index in [2.05, 4.69) is 34.1 Å². The Morgan fingerprint density at radius 1 is 1.23 bits per heavy atom. The van der Waals surface area contributed by atoms with E-state index < -0.39 is 0 Å². The van der Waals surface area contributed by atoms with Crippen LogP contribution in [0.4, 0.5) is 0 Å². The van der Waals surface area contributed by atoms with E-state index in [1.165, 1.54) is 29.5 Å². The molecule has 1 aromatic heterocycles. The maximum absolute atomic E-state index is 13.1. The van der Waals surface area contributed by atoms with Crippen molar-refractivity contribution in [2.75, 3.05) is 19.6 Å². The maximum atomic E-state index is 13.1. The highest BCUT2D eigenvalue weighted by molar-refractivity contribution is 7.20. The molecule has 1 spiro atoms. The Morgan fingerprint density at radius 2 is 2.14 bits per heavy atom. The van der Waals surface area contributed by atoms with Crippen molar-refractivity contribution in [3.63, 3.8) is 0 Å². The van der Waals surface area contributed by atoms with Crippen molar-refractivity contribution >= 4 is 27.3 Å². The highest BCUT2D eigenvalue weighted by Crippen LogP contribution is 2.67. The van der Waals surface area contributed by atoms with E-state index in [9.17, 15) is 4.79 Å². The van der Waals surface area contributed by atoms with Gasteiger partial charge in [0.1, 0.15) is 0 Å². The Bertz CT molecular complexity index is 781. The molecule has 3 nitrogen and oxygen atoms in total. The van der Waals surface area contributed by atoms with Crippen molar-refractivity contribution in [2.24, 2.45) is 11.3 Å². The number of fused-ring (bicyclic) bond motifs is 1. The van der Waals surface area contributed by atoms with Gasteiger partial charge in [-0.05, 0) is 42.8 Å². The summed E-state index contributed by atoms with van der Waals surface area (Å²) in [6.45, 7) is 3.39. The molecule has 1 saturated carbocycles. The average molecular weight is 310 g/mol. The summed E-state index contributed by atoms with van der Waals surface area (Å²) in [5.74, 6) is 1.05. The molecule has 2 bridgehead atoms. The molecule has 1 amide bonds. The topological polar surface area (TPSA) is 23.6 Å². The quantitative estimate of drug-likeness (QED) is 0.808. The molecule has 4 heterocycles. The van der Waals surface area contributed by atoms with Crippen LogP contribution in [0.3, 0.4) is 0 Å². The van der Waals surface area contributed by atoms with E-state index in [1.807, 2.05) is 6.07 Å². The largest absolute Gasteiger partial charge is 0.333 e. The number of hydrogen-bond donors (Lipinski definition) is 0. The van der Waals surface area contributed by atoms with Gasteiger partial charge in [-0.3, -0.25) is 9.69 Å². The summed E-state index contributed by atoms with van der Waals surface area (Å²) in [6, 6.07) is 11.7. The summed E-state index contributed by atoms with van der Waals surface area (Å²) in [4.78, 5) is 18.9. The standard InChI is InChI=1S/C18H18N2OS/c21-17(14-7-11-3-1-2-4-13(11)22-14)20-9-12-8-15-18(12)5-6-19(15)10-16(18)20/h1-4,7,12,15-16H,5-6,8-10H2/t12-,15?,16-,18-/m0/s1. The zero-order chi connectivity index (χ0) is 14.5. The van der Waals surface area contributed by atoms with E-state index in [0.717, 1.165) is 29.9 Å². The zero-order valence-corrected chi connectivity index (χ0v) is 13.2. The van der Waals surface area contributed by atoms with Gasteiger partial charge in [0.2, 0.25) is 0 Å². The zero-order valence-electron chi connectivity index (χ0n) is 12.4. The monoisotopic (exact) mass is 310 g/mol. The molecule has 2 unspecified atom stereocenters. The van der Waals surface area contributed by atoms with Crippen LogP contribution in [0.5, 0.6) is 0 Å². The SMILES string of the molecule is O=C(c1cc2ccccc2s1)N1C[C@@H]2CC3N4CC[C@@]32[C@@H]1C4. The van der Waals surface area contributed by atoms with Gasteiger partial charge in [-0.25, -0.2) is 0 Å². The minimum Gasteiger partial charge on any atom is -0.333 e. The molecule has 4 fully saturated rings. The van der Waals surface area contributed by atoms with E-state index >= 15 is 0 Å². The third kappa shape index (κ3) is 1.19. The minimum atomic E-state index is 0.280. The summed E-state index contributed by atoms with van der Waals surface area (Å²) in [6.07, 6.45) is 2.65. The van der Waals surface area contributed by atoms with Gasteiger partial charge in [0, 0.05) is 29.2 Å². The van der Waals surface area contributed by atoms with E-state index in [-0.39, 0.29) is 5.91 Å². The van der Waals surface area contributed by atoms with Crippen LogP contribution < -0.4 is 0 Å². The second kappa shape index (κ2) is 3.74. The molecule has 0 radical (unpaired) electrons. The lowest BCUT2D eigenvalue weighted by molar-refractivity contribution is 0.0485. The number of carbonyl (C=O) groups is 1. The molecule has 3 saturated heterocycles. The lowest BCUT2D eigenvalue weighted by atomic mass is 9.57. The number of amides is 1. The Kier molecular flexibility index (Phi) is 2.05. The first-order chi connectivity index (χ1) is 10.8. The molecule has 3 aliphatic heterocycles. The highest BCUT2D eigenvalue weighted by atomic mass is 32.1. The molecule has 112 valence electrons. The van der Waals surface area contributed by atoms with Crippen molar-refractivity contribution in [3.05, 3.63) is 35.2 Å². The first-order valence-corrected chi connectivity index (χ1v) is 9.12. The molecule has 5 atom stereocenters. The van der Waals surface area contributed by atoms with Crippen LogP contribution in [0.1, 0.15) is 22.5 Å². The van der Waals surface area contributed by atoms with Crippen LogP contribution in [0.2, 0.25) is 0 Å². The molecule has 2 aromatic rings. The van der Waals surface area contributed by atoms with Gasteiger partial charge in [-0.15, -0.1) is 11.3 Å². The van der Waals surface area contributed by atoms with Crippen LogP contribution >= 0.6 is 11.3 Å². The van der Waals surface area contributed by atoms with Gasteiger partial charge in [0.05, 0.1) is 10.9 Å².